The molecule has 1 atom stereocenters. The number of carbonyl (C=O) groups is 1. The van der Waals surface area contributed by atoms with Crippen LogP contribution in [-0.4, -0.2) is 70.7 Å². The molecule has 0 rings (SSSR count). The molecule has 0 aliphatic carbocycles. The molecule has 0 bridgehead atoms. The van der Waals surface area contributed by atoms with E-state index in [1.54, 1.807) is 0 Å². The Morgan fingerprint density at radius 1 is 0.540 bits per heavy atom. The molecule has 0 aromatic rings. The minimum Gasteiger partial charge on any atom is -0.447 e. The van der Waals surface area contributed by atoms with Crippen molar-refractivity contribution in [3.8, 4) is 0 Å². The van der Waals surface area contributed by atoms with Crippen LogP contribution in [0.15, 0.2) is 24.3 Å². The number of unbranched alkanes of at least 4 members (excludes halogenated alkanes) is 24. The van der Waals surface area contributed by atoms with Crippen molar-refractivity contribution in [2.75, 3.05) is 53.6 Å². The molecule has 0 fully saturated rings. The van der Waals surface area contributed by atoms with Crippen LogP contribution in [0.4, 0.5) is 4.79 Å². The van der Waals surface area contributed by atoms with Crippen LogP contribution >= 0.6 is 0 Å². The van der Waals surface area contributed by atoms with Crippen LogP contribution in [0, 0.1) is 0 Å². The van der Waals surface area contributed by atoms with Crippen molar-refractivity contribution in [2.45, 2.75) is 200 Å². The molecule has 6 nitrogen and oxygen atoms in total. The minimum atomic E-state index is -0.383. The Morgan fingerprint density at radius 3 is 1.38 bits per heavy atom. The zero-order valence-corrected chi connectivity index (χ0v) is 34.0. The van der Waals surface area contributed by atoms with E-state index in [9.17, 15) is 4.79 Å². The second-order valence-corrected chi connectivity index (χ2v) is 14.8. The van der Waals surface area contributed by atoms with Crippen molar-refractivity contribution in [3.63, 3.8) is 0 Å². The number of nitrogens with one attached hydrogen (secondary N) is 1. The summed E-state index contributed by atoms with van der Waals surface area (Å²) in [6.07, 6.45) is 45.4. The molecule has 0 aromatic heterocycles. The number of carbonyl (C=O) groups excluding carboxylic acids is 1. The van der Waals surface area contributed by atoms with Gasteiger partial charge in [-0.15, -0.1) is 0 Å². The Morgan fingerprint density at radius 2 is 0.940 bits per heavy atom. The Labute approximate surface area is 312 Å². The Bertz CT molecular complexity index is 727. The van der Waals surface area contributed by atoms with Crippen LogP contribution < -0.4 is 5.32 Å². The highest BCUT2D eigenvalue weighted by Gasteiger charge is 2.13. The van der Waals surface area contributed by atoms with E-state index in [4.69, 9.17) is 14.2 Å². The van der Waals surface area contributed by atoms with Gasteiger partial charge >= 0.3 is 6.09 Å². The summed E-state index contributed by atoms with van der Waals surface area (Å²) in [5.41, 5.74) is 0. The van der Waals surface area contributed by atoms with Crippen molar-refractivity contribution in [2.24, 2.45) is 0 Å². The fourth-order valence-electron chi connectivity index (χ4n) is 6.01. The molecule has 50 heavy (non-hydrogen) atoms. The lowest BCUT2D eigenvalue weighted by atomic mass is 10.1. The maximum atomic E-state index is 12.1. The summed E-state index contributed by atoms with van der Waals surface area (Å²) in [5, 5.41) is 2.82. The van der Waals surface area contributed by atoms with Crippen LogP contribution in [0.3, 0.4) is 0 Å². The minimum absolute atomic E-state index is 0.216. The predicted molar refractivity (Wildman–Crippen MR) is 217 cm³/mol. The Kier molecular flexibility index (Phi) is 40.9. The van der Waals surface area contributed by atoms with Gasteiger partial charge in [0.2, 0.25) is 0 Å². The maximum Gasteiger partial charge on any atom is 0.407 e. The Balaban J connectivity index is 3.94. The summed E-state index contributed by atoms with van der Waals surface area (Å²) in [5.74, 6) is 0. The number of hydrogen-bond donors (Lipinski definition) is 1. The van der Waals surface area contributed by atoms with E-state index >= 15 is 0 Å². The van der Waals surface area contributed by atoms with Gasteiger partial charge in [-0.25, -0.2) is 4.79 Å². The molecule has 296 valence electrons. The van der Waals surface area contributed by atoms with E-state index in [1.807, 2.05) is 19.0 Å². The fourth-order valence-corrected chi connectivity index (χ4v) is 6.01. The highest BCUT2D eigenvalue weighted by Crippen LogP contribution is 2.12. The second kappa shape index (κ2) is 42.0. The third-order valence-corrected chi connectivity index (χ3v) is 9.34. The first kappa shape index (κ1) is 48.6. The van der Waals surface area contributed by atoms with E-state index in [2.05, 4.69) is 43.5 Å². The first-order chi connectivity index (χ1) is 24.6. The van der Waals surface area contributed by atoms with E-state index in [0.29, 0.717) is 19.8 Å². The number of alkyl carbamates (subject to hydrolysis) is 1. The number of allylic oxidation sites excluding steroid dienone is 4. The SMILES string of the molecule is CCCCCCCC/C=C\CCCCCCCCOCC(COC(=O)NCCN(C)C)OCCCCCCCC/C=C\CCCCCCCC. The fraction of sp³-hybridized carbons (Fsp3) is 0.886. The summed E-state index contributed by atoms with van der Waals surface area (Å²) in [6, 6.07) is 0. The van der Waals surface area contributed by atoms with Crippen molar-refractivity contribution in [3.05, 3.63) is 24.3 Å². The number of likely N-dealkylation sites (N-methyl/N-ethyl adjacent to an activating group) is 1. The Hall–Kier alpha value is -1.37. The van der Waals surface area contributed by atoms with E-state index in [1.165, 1.54) is 167 Å². The second-order valence-electron chi connectivity index (χ2n) is 14.8. The van der Waals surface area contributed by atoms with Gasteiger partial charge in [0.05, 0.1) is 6.61 Å². The molecular formula is C44H86N2O4. The molecule has 0 radical (unpaired) electrons. The average molecular weight is 707 g/mol. The van der Waals surface area contributed by atoms with Crippen molar-refractivity contribution >= 4 is 6.09 Å². The van der Waals surface area contributed by atoms with E-state index in [-0.39, 0.29) is 18.8 Å². The van der Waals surface area contributed by atoms with Crippen LogP contribution in [0.1, 0.15) is 194 Å². The molecule has 0 aromatic carbocycles. The molecule has 0 spiro atoms. The largest absolute Gasteiger partial charge is 0.447 e. The lowest BCUT2D eigenvalue weighted by molar-refractivity contribution is -0.0468. The quantitative estimate of drug-likeness (QED) is 0.0508. The standard InChI is InChI=1S/C44H86N2O4/c1-5-7-9-11-13-15-17-19-21-23-25-27-29-31-33-35-39-48-41-43(42-50-44(47)45-37-38-46(3)4)49-40-36-34-32-30-28-26-24-22-20-18-16-14-12-10-8-6-2/h19-22,43H,5-18,23-42H2,1-4H3,(H,45,47)/b21-19-,22-20-. The van der Waals surface area contributed by atoms with Gasteiger partial charge < -0.3 is 24.4 Å². The molecule has 1 N–H and O–H groups in total. The lowest BCUT2D eigenvalue weighted by Crippen LogP contribution is -2.35. The van der Waals surface area contributed by atoms with Gasteiger partial charge in [-0.2, -0.15) is 0 Å². The average Bonchev–Trinajstić information content (AvgIpc) is 3.10. The molecule has 0 aliphatic rings. The predicted octanol–water partition coefficient (Wildman–Crippen LogP) is 12.8. The van der Waals surface area contributed by atoms with Crippen molar-refractivity contribution < 1.29 is 19.0 Å². The summed E-state index contributed by atoms with van der Waals surface area (Å²) in [6.45, 7) is 8.04. The van der Waals surface area contributed by atoms with Crippen molar-refractivity contribution in [1.29, 1.82) is 0 Å². The normalized spacial score (nSPS) is 12.5. The lowest BCUT2D eigenvalue weighted by Gasteiger charge is -2.19. The number of nitrogens with zero attached hydrogens (tertiary/aromatic N) is 1. The molecule has 0 saturated carbocycles. The monoisotopic (exact) mass is 707 g/mol. The molecule has 1 amide bonds. The van der Waals surface area contributed by atoms with E-state index < -0.39 is 0 Å². The zero-order valence-electron chi connectivity index (χ0n) is 34.0. The molecule has 1 unspecified atom stereocenters. The van der Waals surface area contributed by atoms with Crippen LogP contribution in [0.25, 0.3) is 0 Å². The van der Waals surface area contributed by atoms with Gasteiger partial charge in [0, 0.05) is 26.3 Å². The van der Waals surface area contributed by atoms with Gasteiger partial charge in [-0.1, -0.05) is 154 Å². The highest BCUT2D eigenvalue weighted by molar-refractivity contribution is 5.67. The van der Waals surface area contributed by atoms with Gasteiger partial charge in [0.25, 0.3) is 0 Å². The molecule has 6 heteroatoms. The third kappa shape index (κ3) is 41.1. The molecule has 0 heterocycles. The summed E-state index contributed by atoms with van der Waals surface area (Å²) < 4.78 is 17.6. The molecular weight excluding hydrogens is 620 g/mol. The van der Waals surface area contributed by atoms with Gasteiger partial charge in [0.1, 0.15) is 12.7 Å². The van der Waals surface area contributed by atoms with Crippen LogP contribution in [0.2, 0.25) is 0 Å². The number of amides is 1. The van der Waals surface area contributed by atoms with E-state index in [0.717, 1.165) is 26.0 Å². The van der Waals surface area contributed by atoms with Gasteiger partial charge in [-0.3, -0.25) is 0 Å². The van der Waals surface area contributed by atoms with Crippen LogP contribution in [-0.2, 0) is 14.2 Å². The summed E-state index contributed by atoms with van der Waals surface area (Å²) in [7, 11) is 3.97. The highest BCUT2D eigenvalue weighted by atomic mass is 16.6. The number of rotatable bonds is 40. The van der Waals surface area contributed by atoms with Crippen molar-refractivity contribution in [1.82, 2.24) is 10.2 Å². The molecule has 0 saturated heterocycles. The van der Waals surface area contributed by atoms with Gasteiger partial charge in [0.15, 0.2) is 0 Å². The third-order valence-electron chi connectivity index (χ3n) is 9.34. The maximum absolute atomic E-state index is 12.1. The summed E-state index contributed by atoms with van der Waals surface area (Å²) >= 11 is 0. The molecule has 0 aliphatic heterocycles. The first-order valence-electron chi connectivity index (χ1n) is 21.6. The summed E-state index contributed by atoms with van der Waals surface area (Å²) in [4.78, 5) is 14.2. The number of hydrogen-bond acceptors (Lipinski definition) is 5. The topological polar surface area (TPSA) is 60.0 Å². The van der Waals surface area contributed by atoms with Crippen LogP contribution in [0.5, 0.6) is 0 Å². The van der Waals surface area contributed by atoms with Gasteiger partial charge in [-0.05, 0) is 78.3 Å². The zero-order chi connectivity index (χ0) is 36.4. The smallest absolute Gasteiger partial charge is 0.407 e. The first-order valence-corrected chi connectivity index (χ1v) is 21.6. The number of ether oxygens (including phenoxy) is 3.